The number of hydrogen-bond donors (Lipinski definition) is 1. The van der Waals surface area contributed by atoms with Crippen LogP contribution in [0.2, 0.25) is 0 Å². The van der Waals surface area contributed by atoms with Crippen molar-refractivity contribution in [1.82, 2.24) is 4.90 Å². The van der Waals surface area contributed by atoms with Crippen LogP contribution in [-0.2, 0) is 6.54 Å². The van der Waals surface area contributed by atoms with Crippen LogP contribution < -0.4 is 9.47 Å². The van der Waals surface area contributed by atoms with Crippen LogP contribution in [0.25, 0.3) is 0 Å². The minimum atomic E-state index is 0.182. The second-order valence-electron chi connectivity index (χ2n) is 3.78. The molecule has 0 unspecified atom stereocenters. The number of methoxy groups -OCH3 is 2. The van der Waals surface area contributed by atoms with Crippen molar-refractivity contribution in [3.8, 4) is 11.5 Å². The predicted octanol–water partition coefficient (Wildman–Crippen LogP) is 1.52. The maximum atomic E-state index is 8.94. The molecule has 0 heterocycles. The van der Waals surface area contributed by atoms with E-state index in [2.05, 4.69) is 11.8 Å². The van der Waals surface area contributed by atoms with Crippen LogP contribution in [0.1, 0.15) is 12.5 Å². The molecule has 0 saturated heterocycles. The highest BCUT2D eigenvalue weighted by Crippen LogP contribution is 2.27. The van der Waals surface area contributed by atoms with E-state index in [1.165, 1.54) is 0 Å². The molecule has 1 aromatic rings. The highest BCUT2D eigenvalue weighted by atomic mass is 16.5. The van der Waals surface area contributed by atoms with Crippen LogP contribution in [0, 0.1) is 0 Å². The molecule has 96 valence electrons. The van der Waals surface area contributed by atoms with Gasteiger partial charge in [0.05, 0.1) is 20.8 Å². The summed E-state index contributed by atoms with van der Waals surface area (Å²) in [6, 6.07) is 5.89. The summed E-state index contributed by atoms with van der Waals surface area (Å²) in [6.07, 6.45) is 0. The van der Waals surface area contributed by atoms with Crippen LogP contribution in [0.3, 0.4) is 0 Å². The average Bonchev–Trinajstić information content (AvgIpc) is 2.38. The smallest absolute Gasteiger partial charge is 0.161 e. The summed E-state index contributed by atoms with van der Waals surface area (Å²) >= 11 is 0. The Kier molecular flexibility index (Phi) is 5.80. The highest BCUT2D eigenvalue weighted by Gasteiger charge is 2.07. The molecule has 1 N–H and O–H groups in total. The van der Waals surface area contributed by atoms with Crippen molar-refractivity contribution in [3.63, 3.8) is 0 Å². The molecule has 4 heteroatoms. The maximum absolute atomic E-state index is 8.94. The van der Waals surface area contributed by atoms with E-state index in [9.17, 15) is 0 Å². The largest absolute Gasteiger partial charge is 0.493 e. The van der Waals surface area contributed by atoms with Gasteiger partial charge in [0.25, 0.3) is 0 Å². The Balaban J connectivity index is 2.77. The second-order valence-corrected chi connectivity index (χ2v) is 3.78. The molecule has 4 nitrogen and oxygen atoms in total. The monoisotopic (exact) mass is 239 g/mol. The quantitative estimate of drug-likeness (QED) is 0.783. The van der Waals surface area contributed by atoms with E-state index in [-0.39, 0.29) is 6.61 Å². The highest BCUT2D eigenvalue weighted by molar-refractivity contribution is 5.42. The fourth-order valence-electron chi connectivity index (χ4n) is 1.73. The van der Waals surface area contributed by atoms with Gasteiger partial charge in [-0.05, 0) is 24.2 Å². The van der Waals surface area contributed by atoms with Crippen molar-refractivity contribution in [3.05, 3.63) is 23.8 Å². The molecule has 1 aromatic carbocycles. The SMILES string of the molecule is CCN(CCO)Cc1ccc(OC)c(OC)c1. The minimum absolute atomic E-state index is 0.182. The molecule has 0 spiro atoms. The number of benzene rings is 1. The Hall–Kier alpha value is -1.26. The molecule has 0 aliphatic rings. The third kappa shape index (κ3) is 3.91. The first-order valence-corrected chi connectivity index (χ1v) is 5.79. The lowest BCUT2D eigenvalue weighted by atomic mass is 10.2. The number of rotatable bonds is 7. The van der Waals surface area contributed by atoms with E-state index in [0.717, 1.165) is 30.2 Å². The van der Waals surface area contributed by atoms with Crippen molar-refractivity contribution < 1.29 is 14.6 Å². The number of likely N-dealkylation sites (N-methyl/N-ethyl adjacent to an activating group) is 1. The average molecular weight is 239 g/mol. The summed E-state index contributed by atoms with van der Waals surface area (Å²) in [6.45, 7) is 4.66. The lowest BCUT2D eigenvalue weighted by Gasteiger charge is -2.19. The summed E-state index contributed by atoms with van der Waals surface area (Å²) in [4.78, 5) is 2.17. The summed E-state index contributed by atoms with van der Waals surface area (Å²) in [5.41, 5.74) is 1.15. The van der Waals surface area contributed by atoms with Gasteiger partial charge in [-0.1, -0.05) is 13.0 Å². The summed E-state index contributed by atoms with van der Waals surface area (Å²) in [5.74, 6) is 1.48. The predicted molar refractivity (Wildman–Crippen MR) is 67.6 cm³/mol. The van der Waals surface area contributed by atoms with Gasteiger partial charge in [0.1, 0.15) is 0 Å². The van der Waals surface area contributed by atoms with E-state index >= 15 is 0 Å². The molecule has 17 heavy (non-hydrogen) atoms. The molecule has 1 rings (SSSR count). The van der Waals surface area contributed by atoms with Gasteiger partial charge in [-0.2, -0.15) is 0 Å². The Bertz CT molecular complexity index is 341. The fraction of sp³-hybridized carbons (Fsp3) is 0.538. The Labute approximate surface area is 103 Å². The Morgan fingerprint density at radius 1 is 1.18 bits per heavy atom. The van der Waals surface area contributed by atoms with Crippen molar-refractivity contribution >= 4 is 0 Å². The second kappa shape index (κ2) is 7.14. The van der Waals surface area contributed by atoms with E-state index in [1.54, 1.807) is 14.2 Å². The lowest BCUT2D eigenvalue weighted by Crippen LogP contribution is -2.26. The molecular formula is C13H21NO3. The molecule has 0 aromatic heterocycles. The van der Waals surface area contributed by atoms with Gasteiger partial charge in [0, 0.05) is 13.1 Å². The first kappa shape index (κ1) is 13.8. The summed E-state index contributed by atoms with van der Waals surface area (Å²) in [7, 11) is 3.26. The first-order chi connectivity index (χ1) is 8.24. The van der Waals surface area contributed by atoms with E-state index < -0.39 is 0 Å². The Morgan fingerprint density at radius 2 is 1.88 bits per heavy atom. The normalized spacial score (nSPS) is 10.6. The van der Waals surface area contributed by atoms with Gasteiger partial charge in [0.2, 0.25) is 0 Å². The number of aliphatic hydroxyl groups excluding tert-OH is 1. The summed E-state index contributed by atoms with van der Waals surface area (Å²) in [5, 5.41) is 8.94. The van der Waals surface area contributed by atoms with Crippen molar-refractivity contribution in [2.24, 2.45) is 0 Å². The number of hydrogen-bond acceptors (Lipinski definition) is 4. The Morgan fingerprint density at radius 3 is 2.41 bits per heavy atom. The number of aliphatic hydroxyl groups is 1. The zero-order chi connectivity index (χ0) is 12.7. The number of nitrogens with zero attached hydrogens (tertiary/aromatic N) is 1. The van der Waals surface area contributed by atoms with Crippen LogP contribution in [0.15, 0.2) is 18.2 Å². The molecule has 0 aliphatic carbocycles. The van der Waals surface area contributed by atoms with Crippen LogP contribution in [-0.4, -0.2) is 43.9 Å². The lowest BCUT2D eigenvalue weighted by molar-refractivity contribution is 0.196. The molecule has 0 amide bonds. The van der Waals surface area contributed by atoms with Gasteiger partial charge in [0.15, 0.2) is 11.5 Å². The van der Waals surface area contributed by atoms with E-state index in [1.807, 2.05) is 18.2 Å². The van der Waals surface area contributed by atoms with Crippen molar-refractivity contribution in [2.75, 3.05) is 33.9 Å². The third-order valence-corrected chi connectivity index (χ3v) is 2.72. The topological polar surface area (TPSA) is 41.9 Å². The molecule has 0 radical (unpaired) electrons. The zero-order valence-corrected chi connectivity index (χ0v) is 10.8. The van der Waals surface area contributed by atoms with Crippen molar-refractivity contribution in [1.29, 1.82) is 0 Å². The van der Waals surface area contributed by atoms with Crippen molar-refractivity contribution in [2.45, 2.75) is 13.5 Å². The van der Waals surface area contributed by atoms with E-state index in [4.69, 9.17) is 14.6 Å². The standard InChI is InChI=1S/C13H21NO3/c1-4-14(7-8-15)10-11-5-6-12(16-2)13(9-11)17-3/h5-6,9,15H,4,7-8,10H2,1-3H3. The van der Waals surface area contributed by atoms with E-state index in [0.29, 0.717) is 6.54 Å². The van der Waals surface area contributed by atoms with Gasteiger partial charge in [-0.25, -0.2) is 0 Å². The van der Waals surface area contributed by atoms with Gasteiger partial charge < -0.3 is 14.6 Å². The molecule has 0 aliphatic heterocycles. The third-order valence-electron chi connectivity index (χ3n) is 2.72. The minimum Gasteiger partial charge on any atom is -0.493 e. The van der Waals surface area contributed by atoms with Crippen LogP contribution >= 0.6 is 0 Å². The molecule has 0 atom stereocenters. The van der Waals surface area contributed by atoms with Gasteiger partial charge >= 0.3 is 0 Å². The maximum Gasteiger partial charge on any atom is 0.161 e. The molecule has 0 fully saturated rings. The molecular weight excluding hydrogens is 218 g/mol. The van der Waals surface area contributed by atoms with Gasteiger partial charge in [-0.3, -0.25) is 4.90 Å². The zero-order valence-electron chi connectivity index (χ0n) is 10.8. The molecule has 0 saturated carbocycles. The summed E-state index contributed by atoms with van der Waals surface area (Å²) < 4.78 is 10.5. The van der Waals surface area contributed by atoms with Gasteiger partial charge in [-0.15, -0.1) is 0 Å². The fourth-order valence-corrected chi connectivity index (χ4v) is 1.73. The van der Waals surface area contributed by atoms with Crippen LogP contribution in [0.4, 0.5) is 0 Å². The molecule has 0 bridgehead atoms. The van der Waals surface area contributed by atoms with Crippen LogP contribution in [0.5, 0.6) is 11.5 Å². The number of ether oxygens (including phenoxy) is 2. The first-order valence-electron chi connectivity index (χ1n) is 5.79.